The first-order chi connectivity index (χ1) is 9.77. The number of anilines is 1. The van der Waals surface area contributed by atoms with Crippen molar-refractivity contribution in [2.24, 2.45) is 5.92 Å². The Morgan fingerprint density at radius 2 is 2.15 bits per heavy atom. The highest BCUT2D eigenvalue weighted by Gasteiger charge is 2.32. The average Bonchev–Trinajstić information content (AvgIpc) is 2.49. The highest BCUT2D eigenvalue weighted by molar-refractivity contribution is 5.46. The summed E-state index contributed by atoms with van der Waals surface area (Å²) in [4.78, 5) is 4.23. The van der Waals surface area contributed by atoms with Crippen molar-refractivity contribution in [1.82, 2.24) is 10.3 Å². The maximum atomic E-state index is 6.14. The first-order valence-electron chi connectivity index (χ1n) is 7.73. The number of nitrogens with zero attached hydrogens (tertiary/aromatic N) is 1. The van der Waals surface area contributed by atoms with Crippen LogP contribution in [-0.2, 0) is 4.74 Å². The van der Waals surface area contributed by atoms with E-state index in [0.717, 1.165) is 17.8 Å². The average molecular weight is 277 g/mol. The first kappa shape index (κ1) is 15.3. The van der Waals surface area contributed by atoms with Gasteiger partial charge < -0.3 is 15.8 Å². The molecular weight excluding hydrogens is 250 g/mol. The molecule has 0 aromatic carbocycles. The lowest BCUT2D eigenvalue weighted by Crippen LogP contribution is -2.39. The number of nitrogen functional groups attached to an aromatic ring is 1. The van der Waals surface area contributed by atoms with Crippen LogP contribution in [-0.4, -0.2) is 24.7 Å². The van der Waals surface area contributed by atoms with Crippen LogP contribution in [0.2, 0.25) is 0 Å². The van der Waals surface area contributed by atoms with E-state index in [-0.39, 0.29) is 12.1 Å². The zero-order chi connectivity index (χ0) is 14.4. The summed E-state index contributed by atoms with van der Waals surface area (Å²) in [7, 11) is 1.82. The Morgan fingerprint density at radius 3 is 2.75 bits per heavy atom. The number of hydrogen-bond donors (Lipinski definition) is 2. The molecule has 2 rings (SSSR count). The Hall–Kier alpha value is -1.13. The SMILES string of the molecule is CCNC(c1cnccc1N)C(OC)C1CCCCC1. The van der Waals surface area contributed by atoms with Gasteiger partial charge in [0.2, 0.25) is 0 Å². The number of nitrogens with two attached hydrogens (primary N) is 1. The second-order valence-corrected chi connectivity index (χ2v) is 5.64. The molecule has 3 N–H and O–H groups in total. The molecule has 0 amide bonds. The molecule has 4 nitrogen and oxygen atoms in total. The van der Waals surface area contributed by atoms with Crippen molar-refractivity contribution in [2.45, 2.75) is 51.2 Å². The van der Waals surface area contributed by atoms with E-state index in [4.69, 9.17) is 10.5 Å². The maximum absolute atomic E-state index is 6.14. The van der Waals surface area contributed by atoms with Crippen LogP contribution in [0.15, 0.2) is 18.5 Å². The van der Waals surface area contributed by atoms with Crippen LogP contribution in [0.4, 0.5) is 5.69 Å². The molecule has 1 aromatic rings. The second-order valence-electron chi connectivity index (χ2n) is 5.64. The molecule has 1 aliphatic rings. The number of methoxy groups -OCH3 is 1. The molecule has 0 spiro atoms. The number of nitrogens with one attached hydrogen (secondary N) is 1. The van der Waals surface area contributed by atoms with Gasteiger partial charge in [-0.2, -0.15) is 0 Å². The summed E-state index contributed by atoms with van der Waals surface area (Å²) in [6.45, 7) is 3.01. The minimum absolute atomic E-state index is 0.127. The number of aromatic nitrogens is 1. The van der Waals surface area contributed by atoms with Gasteiger partial charge in [-0.1, -0.05) is 26.2 Å². The normalized spacial score (nSPS) is 19.7. The molecule has 1 aromatic heterocycles. The lowest BCUT2D eigenvalue weighted by Gasteiger charge is -2.35. The van der Waals surface area contributed by atoms with E-state index < -0.39 is 0 Å². The summed E-state index contributed by atoms with van der Waals surface area (Å²) >= 11 is 0. The van der Waals surface area contributed by atoms with Crippen molar-refractivity contribution in [1.29, 1.82) is 0 Å². The number of pyridine rings is 1. The van der Waals surface area contributed by atoms with E-state index in [2.05, 4.69) is 17.2 Å². The summed E-state index contributed by atoms with van der Waals surface area (Å²) in [6.07, 6.45) is 10.3. The standard InChI is InChI=1S/C16H27N3O/c1-3-19-15(13-11-18-10-9-14(13)17)16(20-2)12-7-5-4-6-8-12/h9-12,15-16,19H,3-8H2,1-2H3,(H2,17,18). The summed E-state index contributed by atoms with van der Waals surface area (Å²) in [5.41, 5.74) is 8.00. The van der Waals surface area contributed by atoms with Crippen molar-refractivity contribution in [3.63, 3.8) is 0 Å². The lowest BCUT2D eigenvalue weighted by molar-refractivity contribution is 0.00802. The molecule has 0 saturated heterocycles. The summed E-state index contributed by atoms with van der Waals surface area (Å²) in [5, 5.41) is 3.54. The maximum Gasteiger partial charge on any atom is 0.0795 e. The minimum atomic E-state index is 0.127. The van der Waals surface area contributed by atoms with Gasteiger partial charge in [0.25, 0.3) is 0 Å². The largest absolute Gasteiger partial charge is 0.398 e. The van der Waals surface area contributed by atoms with Gasteiger partial charge in [-0.15, -0.1) is 0 Å². The van der Waals surface area contributed by atoms with Gasteiger partial charge in [-0.25, -0.2) is 0 Å². The van der Waals surface area contributed by atoms with Crippen LogP contribution in [0.5, 0.6) is 0 Å². The van der Waals surface area contributed by atoms with Gasteiger partial charge in [0.05, 0.1) is 12.1 Å². The monoisotopic (exact) mass is 277 g/mol. The van der Waals surface area contributed by atoms with Crippen molar-refractivity contribution in [2.75, 3.05) is 19.4 Å². The number of likely N-dealkylation sites (N-methyl/N-ethyl adjacent to an activating group) is 1. The third kappa shape index (κ3) is 3.49. The van der Waals surface area contributed by atoms with Gasteiger partial charge in [0.1, 0.15) is 0 Å². The van der Waals surface area contributed by atoms with Gasteiger partial charge in [-0.05, 0) is 31.4 Å². The molecule has 1 aliphatic carbocycles. The van der Waals surface area contributed by atoms with Crippen molar-refractivity contribution >= 4 is 5.69 Å². The van der Waals surface area contributed by atoms with E-state index in [0.29, 0.717) is 5.92 Å². The van der Waals surface area contributed by atoms with Crippen molar-refractivity contribution in [3.8, 4) is 0 Å². The lowest BCUT2D eigenvalue weighted by atomic mass is 9.81. The zero-order valence-electron chi connectivity index (χ0n) is 12.6. The zero-order valence-corrected chi connectivity index (χ0v) is 12.6. The molecule has 112 valence electrons. The van der Waals surface area contributed by atoms with E-state index in [1.165, 1.54) is 32.1 Å². The van der Waals surface area contributed by atoms with Gasteiger partial charge in [0.15, 0.2) is 0 Å². The number of rotatable bonds is 6. The van der Waals surface area contributed by atoms with Crippen molar-refractivity contribution in [3.05, 3.63) is 24.0 Å². The Balaban J connectivity index is 2.23. The van der Waals surface area contributed by atoms with Crippen LogP contribution < -0.4 is 11.1 Å². The Bertz CT molecular complexity index is 404. The van der Waals surface area contributed by atoms with Crippen LogP contribution in [0.25, 0.3) is 0 Å². The van der Waals surface area contributed by atoms with E-state index in [1.807, 2.05) is 19.4 Å². The Labute approximate surface area is 122 Å². The number of ether oxygens (including phenoxy) is 1. The van der Waals surface area contributed by atoms with Crippen LogP contribution in [0.3, 0.4) is 0 Å². The molecule has 0 bridgehead atoms. The molecule has 1 fully saturated rings. The molecule has 0 radical (unpaired) electrons. The van der Waals surface area contributed by atoms with Gasteiger partial charge in [-0.3, -0.25) is 4.98 Å². The molecule has 1 heterocycles. The topological polar surface area (TPSA) is 60.2 Å². The fourth-order valence-corrected chi connectivity index (χ4v) is 3.36. The summed E-state index contributed by atoms with van der Waals surface area (Å²) in [6, 6.07) is 1.99. The van der Waals surface area contributed by atoms with Crippen molar-refractivity contribution < 1.29 is 4.74 Å². The van der Waals surface area contributed by atoms with E-state index in [1.54, 1.807) is 6.20 Å². The van der Waals surface area contributed by atoms with Crippen LogP contribution in [0, 0.1) is 5.92 Å². The molecule has 2 unspecified atom stereocenters. The quantitative estimate of drug-likeness (QED) is 0.839. The number of hydrogen-bond acceptors (Lipinski definition) is 4. The molecule has 0 aliphatic heterocycles. The summed E-state index contributed by atoms with van der Waals surface area (Å²) < 4.78 is 5.87. The molecule has 2 atom stereocenters. The Morgan fingerprint density at radius 1 is 1.40 bits per heavy atom. The van der Waals surface area contributed by atoms with Gasteiger partial charge in [0, 0.05) is 30.8 Å². The fraction of sp³-hybridized carbons (Fsp3) is 0.688. The smallest absolute Gasteiger partial charge is 0.0795 e. The van der Waals surface area contributed by atoms with E-state index in [9.17, 15) is 0 Å². The first-order valence-corrected chi connectivity index (χ1v) is 7.73. The molecule has 1 saturated carbocycles. The van der Waals surface area contributed by atoms with Crippen LogP contribution in [0.1, 0.15) is 50.6 Å². The molecular formula is C16H27N3O. The third-order valence-electron chi connectivity index (χ3n) is 4.36. The third-order valence-corrected chi connectivity index (χ3v) is 4.36. The predicted molar refractivity (Wildman–Crippen MR) is 82.4 cm³/mol. The molecule has 20 heavy (non-hydrogen) atoms. The van der Waals surface area contributed by atoms with E-state index >= 15 is 0 Å². The fourth-order valence-electron chi connectivity index (χ4n) is 3.36. The van der Waals surface area contributed by atoms with Crippen LogP contribution >= 0.6 is 0 Å². The van der Waals surface area contributed by atoms with Gasteiger partial charge >= 0.3 is 0 Å². The highest BCUT2D eigenvalue weighted by atomic mass is 16.5. The molecule has 4 heteroatoms. The summed E-state index contributed by atoms with van der Waals surface area (Å²) in [5.74, 6) is 0.609. The minimum Gasteiger partial charge on any atom is -0.398 e. The highest BCUT2D eigenvalue weighted by Crippen LogP contribution is 2.35. The predicted octanol–water partition coefficient (Wildman–Crippen LogP) is 2.91. The Kier molecular flexibility index (Phi) is 5.80. The second kappa shape index (κ2) is 7.60.